The second kappa shape index (κ2) is 8.57. The van der Waals surface area contributed by atoms with Crippen molar-refractivity contribution in [3.63, 3.8) is 0 Å². The van der Waals surface area contributed by atoms with E-state index in [0.717, 1.165) is 42.8 Å². The van der Waals surface area contributed by atoms with Crippen LogP contribution in [0.5, 0.6) is 0 Å². The number of hydrogen-bond acceptors (Lipinski definition) is 5. The lowest BCUT2D eigenvalue weighted by Gasteiger charge is -2.31. The molecule has 0 unspecified atom stereocenters. The van der Waals surface area contributed by atoms with E-state index in [1.165, 1.54) is 0 Å². The highest BCUT2D eigenvalue weighted by Gasteiger charge is 2.28. The maximum atomic E-state index is 12.6. The number of thiazole rings is 1. The molecule has 1 saturated heterocycles. The number of halogens is 1. The lowest BCUT2D eigenvalue weighted by Crippen LogP contribution is -2.38. The first kappa shape index (κ1) is 19.3. The van der Waals surface area contributed by atoms with Crippen molar-refractivity contribution in [2.75, 3.05) is 13.1 Å². The Morgan fingerprint density at radius 2 is 2.04 bits per heavy atom. The van der Waals surface area contributed by atoms with E-state index in [0.29, 0.717) is 31.1 Å². The normalized spacial score (nSPS) is 18.0. The van der Waals surface area contributed by atoms with Gasteiger partial charge in [0.05, 0.1) is 22.8 Å². The van der Waals surface area contributed by atoms with Crippen molar-refractivity contribution in [2.45, 2.75) is 44.6 Å². The number of rotatable bonds is 5. The van der Waals surface area contributed by atoms with E-state index in [9.17, 15) is 9.59 Å². The molecule has 3 heterocycles. The minimum Gasteiger partial charge on any atom is -0.350 e. The van der Waals surface area contributed by atoms with Crippen LogP contribution in [0.2, 0.25) is 5.15 Å². The predicted octanol–water partition coefficient (Wildman–Crippen LogP) is 3.63. The Balaban J connectivity index is 1.29. The zero-order chi connectivity index (χ0) is 19.5. The number of hydrogen-bond donors (Lipinski definition) is 1. The third-order valence-corrected chi connectivity index (χ3v) is 6.97. The molecule has 2 aliphatic rings. The number of nitrogens with one attached hydrogen (secondary N) is 1. The summed E-state index contributed by atoms with van der Waals surface area (Å²) < 4.78 is 0. The van der Waals surface area contributed by atoms with Crippen LogP contribution in [-0.2, 0) is 11.3 Å². The third-order valence-electron chi connectivity index (χ3n) is 5.61. The Kier molecular flexibility index (Phi) is 5.92. The molecule has 2 amide bonds. The fourth-order valence-corrected chi connectivity index (χ4v) is 4.82. The molecule has 148 valence electrons. The van der Waals surface area contributed by atoms with Crippen molar-refractivity contribution in [3.05, 3.63) is 45.1 Å². The van der Waals surface area contributed by atoms with E-state index in [2.05, 4.69) is 10.3 Å². The average Bonchev–Trinajstić information content (AvgIpc) is 3.14. The first-order valence-corrected chi connectivity index (χ1v) is 11.0. The molecule has 1 N–H and O–H groups in total. The van der Waals surface area contributed by atoms with Crippen LogP contribution >= 0.6 is 22.9 Å². The van der Waals surface area contributed by atoms with Crippen molar-refractivity contribution >= 4 is 34.8 Å². The van der Waals surface area contributed by atoms with Gasteiger partial charge in [0.1, 0.15) is 5.15 Å². The summed E-state index contributed by atoms with van der Waals surface area (Å²) in [7, 11) is 0. The van der Waals surface area contributed by atoms with E-state index in [4.69, 9.17) is 16.6 Å². The minimum atomic E-state index is -0.0601. The Morgan fingerprint density at radius 1 is 1.25 bits per heavy atom. The molecule has 6 nitrogen and oxygen atoms in total. The van der Waals surface area contributed by atoms with Gasteiger partial charge >= 0.3 is 0 Å². The van der Waals surface area contributed by atoms with E-state index in [-0.39, 0.29) is 22.9 Å². The van der Waals surface area contributed by atoms with E-state index >= 15 is 0 Å². The van der Waals surface area contributed by atoms with Gasteiger partial charge in [-0.25, -0.2) is 9.97 Å². The van der Waals surface area contributed by atoms with Crippen LogP contribution in [0.25, 0.3) is 0 Å². The zero-order valence-electron chi connectivity index (χ0n) is 15.6. The summed E-state index contributed by atoms with van der Waals surface area (Å²) in [6, 6.07) is 3.45. The Labute approximate surface area is 173 Å². The van der Waals surface area contributed by atoms with Crippen molar-refractivity contribution in [2.24, 2.45) is 5.92 Å². The monoisotopic (exact) mass is 418 g/mol. The molecule has 1 aliphatic heterocycles. The number of amides is 2. The van der Waals surface area contributed by atoms with Crippen LogP contribution in [0.1, 0.15) is 59.1 Å². The zero-order valence-corrected chi connectivity index (χ0v) is 17.1. The first-order chi connectivity index (χ1) is 13.6. The van der Waals surface area contributed by atoms with Gasteiger partial charge in [-0.15, -0.1) is 11.3 Å². The van der Waals surface area contributed by atoms with Gasteiger partial charge in [-0.3, -0.25) is 9.59 Å². The smallest absolute Gasteiger partial charge is 0.256 e. The molecule has 2 aromatic heterocycles. The van der Waals surface area contributed by atoms with Gasteiger partial charge in [-0.2, -0.15) is 0 Å². The minimum absolute atomic E-state index is 0.0601. The highest BCUT2D eigenvalue weighted by atomic mass is 35.5. The highest BCUT2D eigenvalue weighted by molar-refractivity contribution is 7.09. The van der Waals surface area contributed by atoms with Crippen LogP contribution in [0.3, 0.4) is 0 Å². The van der Waals surface area contributed by atoms with Crippen molar-refractivity contribution < 1.29 is 9.59 Å². The SMILES string of the molecule is O=C(NCc1csc(C2CCN(C(=O)c3cccnc3Cl)CC2)n1)C1CCC1. The standard InChI is InChI=1S/C20H23ClN4O2S/c21-17-16(5-2-8-22-17)20(27)25-9-6-14(7-10-25)19-24-15(12-28-19)11-23-18(26)13-3-1-4-13/h2,5,8,12-14H,1,3-4,6-7,9-11H2,(H,23,26). The summed E-state index contributed by atoms with van der Waals surface area (Å²) in [6.07, 6.45) is 6.52. The van der Waals surface area contributed by atoms with Gasteiger partial charge in [-0.05, 0) is 37.8 Å². The van der Waals surface area contributed by atoms with Gasteiger partial charge < -0.3 is 10.2 Å². The molecule has 0 atom stereocenters. The summed E-state index contributed by atoms with van der Waals surface area (Å²) in [5.41, 5.74) is 1.38. The number of aromatic nitrogens is 2. The second-order valence-corrected chi connectivity index (χ2v) is 8.68. The molecule has 4 rings (SSSR count). The van der Waals surface area contributed by atoms with Crippen molar-refractivity contribution in [1.82, 2.24) is 20.2 Å². The highest BCUT2D eigenvalue weighted by Crippen LogP contribution is 2.31. The van der Waals surface area contributed by atoms with Crippen molar-refractivity contribution in [1.29, 1.82) is 0 Å². The first-order valence-electron chi connectivity index (χ1n) is 9.73. The number of piperidine rings is 1. The summed E-state index contributed by atoms with van der Waals surface area (Å²) in [5, 5.41) is 6.38. The van der Waals surface area contributed by atoms with Gasteiger partial charge in [0, 0.05) is 36.5 Å². The predicted molar refractivity (Wildman–Crippen MR) is 108 cm³/mol. The average molecular weight is 419 g/mol. The van der Waals surface area contributed by atoms with Gasteiger partial charge in [0.15, 0.2) is 0 Å². The maximum absolute atomic E-state index is 12.6. The molecule has 2 aromatic rings. The number of carbonyl (C=O) groups excluding carboxylic acids is 2. The van der Waals surface area contributed by atoms with Crippen LogP contribution in [0.4, 0.5) is 0 Å². The number of carbonyl (C=O) groups is 2. The number of likely N-dealkylation sites (tertiary alicyclic amines) is 1. The van der Waals surface area contributed by atoms with Crippen LogP contribution in [0, 0.1) is 5.92 Å². The van der Waals surface area contributed by atoms with Gasteiger partial charge in [0.25, 0.3) is 5.91 Å². The molecule has 2 fully saturated rings. The molecular weight excluding hydrogens is 396 g/mol. The molecule has 0 aromatic carbocycles. The van der Waals surface area contributed by atoms with Crippen LogP contribution in [-0.4, -0.2) is 39.8 Å². The lowest BCUT2D eigenvalue weighted by molar-refractivity contribution is -0.127. The number of pyridine rings is 1. The molecule has 0 radical (unpaired) electrons. The fraction of sp³-hybridized carbons (Fsp3) is 0.500. The number of nitrogens with zero attached hydrogens (tertiary/aromatic N) is 3. The Hall–Kier alpha value is -1.99. The lowest BCUT2D eigenvalue weighted by atomic mass is 9.85. The van der Waals surface area contributed by atoms with Crippen molar-refractivity contribution in [3.8, 4) is 0 Å². The largest absolute Gasteiger partial charge is 0.350 e. The molecule has 0 spiro atoms. The fourth-order valence-electron chi connectivity index (χ4n) is 3.63. The second-order valence-electron chi connectivity index (χ2n) is 7.43. The molecular formula is C20H23ClN4O2S. The Bertz CT molecular complexity index is 859. The third kappa shape index (κ3) is 4.20. The molecule has 0 bridgehead atoms. The summed E-state index contributed by atoms with van der Waals surface area (Å²) in [6.45, 7) is 1.87. The van der Waals surface area contributed by atoms with E-state index in [1.54, 1.807) is 29.7 Å². The van der Waals surface area contributed by atoms with E-state index in [1.807, 2.05) is 10.3 Å². The van der Waals surface area contributed by atoms with Gasteiger partial charge in [-0.1, -0.05) is 18.0 Å². The quantitative estimate of drug-likeness (QED) is 0.752. The summed E-state index contributed by atoms with van der Waals surface area (Å²) in [4.78, 5) is 35.2. The molecule has 28 heavy (non-hydrogen) atoms. The maximum Gasteiger partial charge on any atom is 0.256 e. The molecule has 1 saturated carbocycles. The topological polar surface area (TPSA) is 75.2 Å². The van der Waals surface area contributed by atoms with Crippen LogP contribution in [0.15, 0.2) is 23.7 Å². The van der Waals surface area contributed by atoms with Gasteiger partial charge in [0.2, 0.25) is 5.91 Å². The summed E-state index contributed by atoms with van der Waals surface area (Å²) >= 11 is 7.70. The van der Waals surface area contributed by atoms with E-state index < -0.39 is 0 Å². The molecule has 8 heteroatoms. The molecule has 1 aliphatic carbocycles. The Morgan fingerprint density at radius 3 is 2.71 bits per heavy atom. The van der Waals surface area contributed by atoms with Crippen LogP contribution < -0.4 is 5.32 Å². The summed E-state index contributed by atoms with van der Waals surface area (Å²) in [5.74, 6) is 0.652.